The second-order valence-corrected chi connectivity index (χ2v) is 5.73. The molecule has 1 amide bonds. The van der Waals surface area contributed by atoms with Crippen molar-refractivity contribution in [2.45, 2.75) is 52.2 Å². The summed E-state index contributed by atoms with van der Waals surface area (Å²) < 4.78 is 5.36. The number of hydrogen-bond donors (Lipinski definition) is 1. The summed E-state index contributed by atoms with van der Waals surface area (Å²) in [6.07, 6.45) is 3.69. The molecule has 1 aliphatic rings. The molecule has 98 valence electrons. The molecule has 0 aliphatic carbocycles. The maximum absolute atomic E-state index is 11.9. The Balaban J connectivity index is 2.52. The van der Waals surface area contributed by atoms with Crippen LogP contribution in [0.2, 0.25) is 0 Å². The quantitative estimate of drug-likeness (QED) is 0.753. The third-order valence-corrected chi connectivity index (χ3v) is 2.46. The van der Waals surface area contributed by atoms with E-state index in [1.165, 1.54) is 5.57 Å². The van der Waals surface area contributed by atoms with Gasteiger partial charge in [0.2, 0.25) is 0 Å². The minimum Gasteiger partial charge on any atom is -0.444 e. The molecule has 0 saturated carbocycles. The Bertz CT molecular complexity index is 303. The van der Waals surface area contributed by atoms with Crippen LogP contribution in [0.4, 0.5) is 4.79 Å². The van der Waals surface area contributed by atoms with Crippen LogP contribution in [0.25, 0.3) is 0 Å². The molecule has 0 saturated heterocycles. The van der Waals surface area contributed by atoms with E-state index in [1.807, 2.05) is 27.7 Å². The number of nitrogens with two attached hydrogens (primary N) is 1. The van der Waals surface area contributed by atoms with Crippen LogP contribution in [-0.4, -0.2) is 35.7 Å². The maximum Gasteiger partial charge on any atom is 0.410 e. The zero-order chi connectivity index (χ0) is 13.1. The van der Waals surface area contributed by atoms with Gasteiger partial charge in [-0.05, 0) is 40.5 Å². The van der Waals surface area contributed by atoms with Crippen molar-refractivity contribution in [3.8, 4) is 0 Å². The van der Waals surface area contributed by atoms with E-state index in [1.54, 1.807) is 4.90 Å². The summed E-state index contributed by atoms with van der Waals surface area (Å²) in [4.78, 5) is 13.6. The molecule has 1 unspecified atom stereocenters. The fourth-order valence-corrected chi connectivity index (χ4v) is 1.86. The number of nitrogens with zero attached hydrogens (tertiary/aromatic N) is 1. The molecule has 0 spiro atoms. The molecule has 0 aromatic rings. The summed E-state index contributed by atoms with van der Waals surface area (Å²) in [7, 11) is 0. The van der Waals surface area contributed by atoms with Gasteiger partial charge in [0.1, 0.15) is 5.60 Å². The predicted molar refractivity (Wildman–Crippen MR) is 68.8 cm³/mol. The summed E-state index contributed by atoms with van der Waals surface area (Å²) in [5, 5.41) is 0. The molecule has 0 bridgehead atoms. The summed E-state index contributed by atoms with van der Waals surface area (Å²) >= 11 is 0. The van der Waals surface area contributed by atoms with E-state index < -0.39 is 5.60 Å². The zero-order valence-corrected chi connectivity index (χ0v) is 11.3. The SMILES string of the molecule is CC(N)CC1=CCCN(C(=O)OC(C)(C)C)C1. The predicted octanol–water partition coefficient (Wildman–Crippen LogP) is 2.29. The molecule has 0 aromatic carbocycles. The largest absolute Gasteiger partial charge is 0.444 e. The molecule has 1 atom stereocenters. The summed E-state index contributed by atoms with van der Waals surface area (Å²) in [5.41, 5.74) is 6.57. The smallest absolute Gasteiger partial charge is 0.410 e. The van der Waals surface area contributed by atoms with Gasteiger partial charge in [-0.15, -0.1) is 0 Å². The van der Waals surface area contributed by atoms with E-state index in [9.17, 15) is 4.79 Å². The molecular weight excluding hydrogens is 216 g/mol. The molecule has 0 aromatic heterocycles. The average Bonchev–Trinajstić information content (AvgIpc) is 2.14. The molecule has 0 fully saturated rings. The molecule has 2 N–H and O–H groups in total. The summed E-state index contributed by atoms with van der Waals surface area (Å²) in [5.74, 6) is 0. The van der Waals surface area contributed by atoms with E-state index in [0.717, 1.165) is 19.4 Å². The molecule has 1 heterocycles. The highest BCUT2D eigenvalue weighted by atomic mass is 16.6. The fraction of sp³-hybridized carbons (Fsp3) is 0.769. The van der Waals surface area contributed by atoms with E-state index in [4.69, 9.17) is 10.5 Å². The van der Waals surface area contributed by atoms with Crippen LogP contribution in [-0.2, 0) is 4.74 Å². The van der Waals surface area contributed by atoms with Crippen LogP contribution >= 0.6 is 0 Å². The third kappa shape index (κ3) is 5.22. The van der Waals surface area contributed by atoms with Crippen LogP contribution in [0.5, 0.6) is 0 Å². The molecule has 0 radical (unpaired) electrons. The topological polar surface area (TPSA) is 55.6 Å². The molecule has 4 nitrogen and oxygen atoms in total. The second kappa shape index (κ2) is 5.54. The van der Waals surface area contributed by atoms with Crippen LogP contribution < -0.4 is 5.73 Å². The van der Waals surface area contributed by atoms with E-state index in [2.05, 4.69) is 6.08 Å². The minimum absolute atomic E-state index is 0.139. The highest BCUT2D eigenvalue weighted by Gasteiger charge is 2.24. The first-order valence-corrected chi connectivity index (χ1v) is 6.19. The van der Waals surface area contributed by atoms with Gasteiger partial charge in [-0.25, -0.2) is 4.79 Å². The molecule has 1 aliphatic heterocycles. The van der Waals surface area contributed by atoms with Crippen molar-refractivity contribution < 1.29 is 9.53 Å². The van der Waals surface area contributed by atoms with Crippen LogP contribution in [0.1, 0.15) is 40.5 Å². The lowest BCUT2D eigenvalue weighted by Gasteiger charge is -2.30. The van der Waals surface area contributed by atoms with E-state index in [-0.39, 0.29) is 12.1 Å². The maximum atomic E-state index is 11.9. The van der Waals surface area contributed by atoms with Crippen molar-refractivity contribution >= 4 is 6.09 Å². The number of amides is 1. The number of carbonyl (C=O) groups excluding carboxylic acids is 1. The van der Waals surface area contributed by atoms with Crippen LogP contribution in [0.15, 0.2) is 11.6 Å². The van der Waals surface area contributed by atoms with Gasteiger partial charge in [-0.3, -0.25) is 0 Å². The lowest BCUT2D eigenvalue weighted by molar-refractivity contribution is 0.0260. The Morgan fingerprint density at radius 3 is 2.76 bits per heavy atom. The van der Waals surface area contributed by atoms with Gasteiger partial charge in [0.15, 0.2) is 0 Å². The normalized spacial score (nSPS) is 18.6. The van der Waals surface area contributed by atoms with E-state index in [0.29, 0.717) is 6.54 Å². The molecule has 17 heavy (non-hydrogen) atoms. The summed E-state index contributed by atoms with van der Waals surface area (Å²) in [6, 6.07) is 0.139. The summed E-state index contributed by atoms with van der Waals surface area (Å²) in [6.45, 7) is 9.01. The Morgan fingerprint density at radius 1 is 1.59 bits per heavy atom. The van der Waals surface area contributed by atoms with Gasteiger partial charge in [0.25, 0.3) is 0 Å². The van der Waals surface area contributed by atoms with Gasteiger partial charge >= 0.3 is 6.09 Å². The van der Waals surface area contributed by atoms with Gasteiger partial charge < -0.3 is 15.4 Å². The van der Waals surface area contributed by atoms with Gasteiger partial charge in [-0.2, -0.15) is 0 Å². The number of rotatable bonds is 2. The Hall–Kier alpha value is -1.03. The first kappa shape index (κ1) is 14.0. The van der Waals surface area contributed by atoms with Crippen molar-refractivity contribution in [1.29, 1.82) is 0 Å². The number of carbonyl (C=O) groups is 1. The Kier molecular flexibility index (Phi) is 4.57. The standard InChI is InChI=1S/C13H24N2O2/c1-10(14)8-11-6-5-7-15(9-11)12(16)17-13(2,3)4/h6,10H,5,7-9,14H2,1-4H3. The lowest BCUT2D eigenvalue weighted by Crippen LogP contribution is -2.40. The molecular formula is C13H24N2O2. The fourth-order valence-electron chi connectivity index (χ4n) is 1.86. The van der Waals surface area contributed by atoms with Crippen LogP contribution in [0.3, 0.4) is 0 Å². The highest BCUT2D eigenvalue weighted by molar-refractivity contribution is 5.68. The first-order valence-electron chi connectivity index (χ1n) is 6.19. The van der Waals surface area contributed by atoms with E-state index >= 15 is 0 Å². The first-order chi connectivity index (χ1) is 7.78. The monoisotopic (exact) mass is 240 g/mol. The lowest BCUT2D eigenvalue weighted by atomic mass is 10.0. The third-order valence-electron chi connectivity index (χ3n) is 2.46. The highest BCUT2D eigenvalue weighted by Crippen LogP contribution is 2.17. The van der Waals surface area contributed by atoms with Crippen LogP contribution in [0, 0.1) is 0 Å². The van der Waals surface area contributed by atoms with Crippen molar-refractivity contribution in [1.82, 2.24) is 4.90 Å². The van der Waals surface area contributed by atoms with Crippen molar-refractivity contribution in [3.05, 3.63) is 11.6 Å². The zero-order valence-electron chi connectivity index (χ0n) is 11.3. The minimum atomic E-state index is -0.431. The number of ether oxygens (including phenoxy) is 1. The van der Waals surface area contributed by atoms with Crippen molar-refractivity contribution in [2.75, 3.05) is 13.1 Å². The van der Waals surface area contributed by atoms with Gasteiger partial charge in [0, 0.05) is 19.1 Å². The molecule has 1 rings (SSSR count). The average molecular weight is 240 g/mol. The van der Waals surface area contributed by atoms with Crippen molar-refractivity contribution in [2.24, 2.45) is 5.73 Å². The second-order valence-electron chi connectivity index (χ2n) is 5.73. The van der Waals surface area contributed by atoms with Gasteiger partial charge in [-0.1, -0.05) is 11.6 Å². The van der Waals surface area contributed by atoms with Crippen molar-refractivity contribution in [3.63, 3.8) is 0 Å². The number of hydrogen-bond acceptors (Lipinski definition) is 3. The molecule has 4 heteroatoms. The van der Waals surface area contributed by atoms with Gasteiger partial charge in [0.05, 0.1) is 0 Å². The Morgan fingerprint density at radius 2 is 2.24 bits per heavy atom. The Labute approximate surface area is 104 Å².